The van der Waals surface area contributed by atoms with Gasteiger partial charge < -0.3 is 9.51 Å². The number of aromatic amines is 1. The fraction of sp³-hybridized carbons (Fsp3) is 0.111. The Kier molecular flexibility index (Phi) is 3.42. The second kappa shape index (κ2) is 5.59. The number of rotatable bonds is 3. The number of hydrogen-bond donors (Lipinski definition) is 1. The zero-order valence-electron chi connectivity index (χ0n) is 12.8. The van der Waals surface area contributed by atoms with Crippen LogP contribution in [0.5, 0.6) is 0 Å². The first-order chi connectivity index (χ1) is 11.2. The molecule has 0 saturated carbocycles. The van der Waals surface area contributed by atoms with E-state index in [4.69, 9.17) is 4.52 Å². The molecule has 0 unspecified atom stereocenters. The molecular weight excluding hydrogens is 306 g/mol. The van der Waals surface area contributed by atoms with Gasteiger partial charge in [0.2, 0.25) is 0 Å². The molecule has 114 valence electrons. The van der Waals surface area contributed by atoms with Crippen LogP contribution in [0.15, 0.2) is 63.1 Å². The van der Waals surface area contributed by atoms with E-state index < -0.39 is 0 Å². The van der Waals surface area contributed by atoms with Crippen molar-refractivity contribution in [3.63, 3.8) is 0 Å². The molecule has 0 radical (unpaired) electrons. The minimum atomic E-state index is 0.816. The van der Waals surface area contributed by atoms with Crippen molar-refractivity contribution in [2.24, 2.45) is 0 Å². The number of aryl methyl sites for hydroxylation is 2. The van der Waals surface area contributed by atoms with Crippen LogP contribution in [0, 0.1) is 13.8 Å². The zero-order chi connectivity index (χ0) is 15.8. The van der Waals surface area contributed by atoms with E-state index in [-0.39, 0.29) is 0 Å². The summed E-state index contributed by atoms with van der Waals surface area (Å²) in [4.78, 5) is 10.1. The molecule has 1 aromatic carbocycles. The summed E-state index contributed by atoms with van der Waals surface area (Å²) in [6.45, 7) is 3.88. The topological polar surface area (TPSA) is 54.7 Å². The van der Waals surface area contributed by atoms with Crippen LogP contribution in [-0.4, -0.2) is 15.1 Å². The number of aromatic nitrogens is 3. The lowest BCUT2D eigenvalue weighted by Gasteiger charge is -2.02. The van der Waals surface area contributed by atoms with Gasteiger partial charge >= 0.3 is 0 Å². The monoisotopic (exact) mass is 321 g/mol. The van der Waals surface area contributed by atoms with Crippen LogP contribution in [0.2, 0.25) is 0 Å². The predicted octanol–water partition coefficient (Wildman–Crippen LogP) is 4.99. The van der Waals surface area contributed by atoms with E-state index in [0.29, 0.717) is 0 Å². The molecule has 4 rings (SSSR count). The van der Waals surface area contributed by atoms with Crippen LogP contribution < -0.4 is 0 Å². The predicted molar refractivity (Wildman–Crippen MR) is 91.6 cm³/mol. The molecule has 23 heavy (non-hydrogen) atoms. The van der Waals surface area contributed by atoms with Gasteiger partial charge in [-0.15, -0.1) is 0 Å². The highest BCUT2D eigenvalue weighted by Gasteiger charge is 2.14. The molecule has 4 nitrogen and oxygen atoms in total. The number of pyridine rings is 1. The molecule has 0 saturated heterocycles. The lowest BCUT2D eigenvalue weighted by Crippen LogP contribution is -1.85. The van der Waals surface area contributed by atoms with E-state index in [2.05, 4.69) is 33.3 Å². The van der Waals surface area contributed by atoms with Gasteiger partial charge in [0.05, 0.1) is 5.69 Å². The number of nitrogens with zero attached hydrogens (tertiary/aromatic N) is 2. The molecule has 0 bridgehead atoms. The van der Waals surface area contributed by atoms with E-state index in [1.807, 2.05) is 44.4 Å². The Bertz CT molecular complexity index is 953. The standard InChI is InChI=1S/C18H15N3OS/c1-11-17(12(2)22-21-11)13-8-15-16(10-20-18(15)19-9-13)23-14-6-4-3-5-7-14/h3-10H,1-2H3,(H,19,20). The molecule has 3 aromatic heterocycles. The fourth-order valence-electron chi connectivity index (χ4n) is 2.71. The maximum absolute atomic E-state index is 5.28. The maximum atomic E-state index is 5.28. The lowest BCUT2D eigenvalue weighted by molar-refractivity contribution is 0.393. The summed E-state index contributed by atoms with van der Waals surface area (Å²) in [6.07, 6.45) is 3.87. The van der Waals surface area contributed by atoms with Crippen molar-refractivity contribution in [2.45, 2.75) is 23.6 Å². The molecule has 0 spiro atoms. The van der Waals surface area contributed by atoms with Crippen LogP contribution in [0.1, 0.15) is 11.5 Å². The number of fused-ring (bicyclic) bond motifs is 1. The molecule has 0 aliphatic heterocycles. The van der Waals surface area contributed by atoms with Crippen LogP contribution in [0.25, 0.3) is 22.2 Å². The Morgan fingerprint density at radius 1 is 1.13 bits per heavy atom. The first kappa shape index (κ1) is 14.1. The second-order valence-corrected chi connectivity index (χ2v) is 6.50. The molecule has 1 N–H and O–H groups in total. The zero-order valence-corrected chi connectivity index (χ0v) is 13.6. The first-order valence-corrected chi connectivity index (χ1v) is 8.17. The summed E-state index contributed by atoms with van der Waals surface area (Å²) in [5, 5.41) is 5.14. The van der Waals surface area contributed by atoms with Crippen molar-refractivity contribution in [3.05, 3.63) is 60.2 Å². The van der Waals surface area contributed by atoms with Gasteiger partial charge in [-0.2, -0.15) is 0 Å². The Labute approximate surface area is 137 Å². The summed E-state index contributed by atoms with van der Waals surface area (Å²) >= 11 is 1.73. The number of nitrogens with one attached hydrogen (secondary N) is 1. The summed E-state index contributed by atoms with van der Waals surface area (Å²) in [7, 11) is 0. The van der Waals surface area contributed by atoms with E-state index in [1.54, 1.807) is 11.8 Å². The smallest absolute Gasteiger partial charge is 0.141 e. The summed E-state index contributed by atoms with van der Waals surface area (Å²) in [5.74, 6) is 0.816. The highest BCUT2D eigenvalue weighted by atomic mass is 32.2. The van der Waals surface area contributed by atoms with Crippen molar-refractivity contribution >= 4 is 22.8 Å². The summed E-state index contributed by atoms with van der Waals surface area (Å²) < 4.78 is 5.28. The van der Waals surface area contributed by atoms with Crippen molar-refractivity contribution in [1.82, 2.24) is 15.1 Å². The molecule has 0 amide bonds. The Morgan fingerprint density at radius 3 is 2.70 bits per heavy atom. The quantitative estimate of drug-likeness (QED) is 0.578. The number of H-pyrrole nitrogens is 1. The van der Waals surface area contributed by atoms with E-state index in [0.717, 1.165) is 38.5 Å². The van der Waals surface area contributed by atoms with E-state index in [1.165, 1.54) is 4.90 Å². The van der Waals surface area contributed by atoms with Crippen LogP contribution in [-0.2, 0) is 0 Å². The Balaban J connectivity index is 1.80. The highest BCUT2D eigenvalue weighted by Crippen LogP contribution is 2.35. The minimum Gasteiger partial charge on any atom is -0.361 e. The molecule has 3 heterocycles. The fourth-order valence-corrected chi connectivity index (χ4v) is 3.64. The van der Waals surface area contributed by atoms with Gasteiger partial charge in [0, 0.05) is 38.7 Å². The van der Waals surface area contributed by atoms with Gasteiger partial charge in [-0.25, -0.2) is 4.98 Å². The first-order valence-electron chi connectivity index (χ1n) is 7.35. The average molecular weight is 321 g/mol. The minimum absolute atomic E-state index is 0.816. The highest BCUT2D eigenvalue weighted by molar-refractivity contribution is 7.99. The molecule has 0 atom stereocenters. The van der Waals surface area contributed by atoms with Crippen molar-refractivity contribution < 1.29 is 4.52 Å². The van der Waals surface area contributed by atoms with E-state index in [9.17, 15) is 0 Å². The summed E-state index contributed by atoms with van der Waals surface area (Å²) in [6, 6.07) is 12.5. The van der Waals surface area contributed by atoms with Crippen LogP contribution >= 0.6 is 11.8 Å². The van der Waals surface area contributed by atoms with Gasteiger partial charge in [0.1, 0.15) is 11.4 Å². The summed E-state index contributed by atoms with van der Waals surface area (Å²) in [5.41, 5.74) is 3.83. The third kappa shape index (κ3) is 2.53. The SMILES string of the molecule is Cc1noc(C)c1-c1cnc2[nH]cc(Sc3ccccc3)c2c1. The second-order valence-electron chi connectivity index (χ2n) is 5.39. The van der Waals surface area contributed by atoms with Crippen molar-refractivity contribution in [1.29, 1.82) is 0 Å². The lowest BCUT2D eigenvalue weighted by atomic mass is 10.1. The van der Waals surface area contributed by atoms with Crippen molar-refractivity contribution in [2.75, 3.05) is 0 Å². The number of benzene rings is 1. The molecule has 0 aliphatic carbocycles. The maximum Gasteiger partial charge on any atom is 0.141 e. The largest absolute Gasteiger partial charge is 0.361 e. The molecule has 0 aliphatic rings. The molecule has 4 aromatic rings. The molecular formula is C18H15N3OS. The van der Waals surface area contributed by atoms with Gasteiger partial charge in [-0.05, 0) is 32.0 Å². The molecule has 0 fully saturated rings. The Morgan fingerprint density at radius 2 is 1.96 bits per heavy atom. The molecule has 5 heteroatoms. The third-order valence-electron chi connectivity index (χ3n) is 3.79. The number of hydrogen-bond acceptors (Lipinski definition) is 4. The van der Waals surface area contributed by atoms with Crippen LogP contribution in [0.3, 0.4) is 0 Å². The van der Waals surface area contributed by atoms with E-state index >= 15 is 0 Å². The van der Waals surface area contributed by atoms with Crippen molar-refractivity contribution in [3.8, 4) is 11.1 Å². The van der Waals surface area contributed by atoms with Crippen LogP contribution in [0.4, 0.5) is 0 Å². The normalized spacial score (nSPS) is 11.2. The average Bonchev–Trinajstić information content (AvgIpc) is 3.12. The van der Waals surface area contributed by atoms with Gasteiger partial charge in [0.25, 0.3) is 0 Å². The van der Waals surface area contributed by atoms with Gasteiger partial charge in [-0.1, -0.05) is 35.1 Å². The van der Waals surface area contributed by atoms with Gasteiger partial charge in [-0.3, -0.25) is 0 Å². The Hall–Kier alpha value is -2.53. The third-order valence-corrected chi connectivity index (χ3v) is 4.85. The van der Waals surface area contributed by atoms with Gasteiger partial charge in [0.15, 0.2) is 0 Å².